The predicted molar refractivity (Wildman–Crippen MR) is 86.3 cm³/mol. The maximum atomic E-state index is 12.1. The number of rotatable bonds is 3. The van der Waals surface area contributed by atoms with Gasteiger partial charge in [0.25, 0.3) is 5.91 Å². The number of benzene rings is 2. The van der Waals surface area contributed by atoms with Gasteiger partial charge in [-0.15, -0.1) is 0 Å². The first-order chi connectivity index (χ1) is 10.2. The van der Waals surface area contributed by atoms with Crippen molar-refractivity contribution in [1.29, 1.82) is 0 Å². The van der Waals surface area contributed by atoms with Gasteiger partial charge in [0, 0.05) is 12.1 Å². The average Bonchev–Trinajstić information content (AvgIpc) is 2.54. The highest BCUT2D eigenvalue weighted by atomic mass is 16.1. The summed E-state index contributed by atoms with van der Waals surface area (Å²) in [5.41, 5.74) is 6.05. The third-order valence-corrected chi connectivity index (χ3v) is 3.99. The second-order valence-electron chi connectivity index (χ2n) is 5.50. The first-order valence-corrected chi connectivity index (χ1v) is 7.35. The van der Waals surface area contributed by atoms with E-state index in [2.05, 4.69) is 36.5 Å². The number of carbonyl (C=O) groups excluding carboxylic acids is 1. The standard InChI is InChI=1S/C19H19NO/c1-14-6-5-9-16-11-10-15(12-18(14)16)13-20-19(21)17-7-3-2-4-8-17/h2-9,12H,10-11,13H2,1H3,(H,20,21). The van der Waals surface area contributed by atoms with Gasteiger partial charge in [0.15, 0.2) is 0 Å². The maximum absolute atomic E-state index is 12.1. The van der Waals surface area contributed by atoms with Crippen molar-refractivity contribution >= 4 is 12.0 Å². The Bertz CT molecular complexity index is 686. The highest BCUT2D eigenvalue weighted by Gasteiger charge is 2.12. The van der Waals surface area contributed by atoms with E-state index in [0.29, 0.717) is 12.1 Å². The molecule has 2 nitrogen and oxygen atoms in total. The molecule has 1 aliphatic rings. The lowest BCUT2D eigenvalue weighted by Gasteiger charge is -2.18. The predicted octanol–water partition coefficient (Wildman–Crippen LogP) is 3.75. The van der Waals surface area contributed by atoms with Crippen molar-refractivity contribution in [3.05, 3.63) is 76.4 Å². The summed E-state index contributed by atoms with van der Waals surface area (Å²) in [6.07, 6.45) is 4.31. The van der Waals surface area contributed by atoms with Crippen LogP contribution in [0.15, 0.2) is 54.1 Å². The summed E-state index contributed by atoms with van der Waals surface area (Å²) < 4.78 is 0. The topological polar surface area (TPSA) is 29.1 Å². The quantitative estimate of drug-likeness (QED) is 0.909. The summed E-state index contributed by atoms with van der Waals surface area (Å²) in [7, 11) is 0. The second kappa shape index (κ2) is 5.96. The SMILES string of the molecule is Cc1cccc2c1C=C(CNC(=O)c1ccccc1)CC2. The number of hydrogen-bond donors (Lipinski definition) is 1. The van der Waals surface area contributed by atoms with Gasteiger partial charge in [-0.3, -0.25) is 4.79 Å². The summed E-state index contributed by atoms with van der Waals surface area (Å²) in [4.78, 5) is 12.1. The molecule has 0 saturated heterocycles. The van der Waals surface area contributed by atoms with Crippen molar-refractivity contribution in [3.8, 4) is 0 Å². The molecule has 0 fully saturated rings. The van der Waals surface area contributed by atoms with E-state index in [9.17, 15) is 4.79 Å². The van der Waals surface area contributed by atoms with E-state index >= 15 is 0 Å². The van der Waals surface area contributed by atoms with Gasteiger partial charge in [0.2, 0.25) is 0 Å². The zero-order valence-electron chi connectivity index (χ0n) is 12.2. The van der Waals surface area contributed by atoms with Gasteiger partial charge in [0.1, 0.15) is 0 Å². The Labute approximate surface area is 125 Å². The minimum Gasteiger partial charge on any atom is -0.348 e. The van der Waals surface area contributed by atoms with Crippen LogP contribution in [-0.4, -0.2) is 12.5 Å². The highest BCUT2D eigenvalue weighted by Crippen LogP contribution is 2.26. The fraction of sp³-hybridized carbons (Fsp3) is 0.211. The van der Waals surface area contributed by atoms with Crippen molar-refractivity contribution in [1.82, 2.24) is 5.32 Å². The first-order valence-electron chi connectivity index (χ1n) is 7.35. The van der Waals surface area contributed by atoms with Crippen molar-refractivity contribution < 1.29 is 4.79 Å². The molecule has 0 radical (unpaired) electrons. The molecule has 2 heteroatoms. The Hall–Kier alpha value is -2.35. The molecule has 0 spiro atoms. The average molecular weight is 277 g/mol. The largest absolute Gasteiger partial charge is 0.348 e. The lowest BCUT2D eigenvalue weighted by Crippen LogP contribution is -2.26. The highest BCUT2D eigenvalue weighted by molar-refractivity contribution is 5.94. The first kappa shape index (κ1) is 13.6. The van der Waals surface area contributed by atoms with Crippen LogP contribution in [0.1, 0.15) is 33.5 Å². The smallest absolute Gasteiger partial charge is 0.251 e. The van der Waals surface area contributed by atoms with Gasteiger partial charge in [-0.2, -0.15) is 0 Å². The normalized spacial score (nSPS) is 13.3. The molecular weight excluding hydrogens is 258 g/mol. The molecule has 1 N–H and O–H groups in total. The summed E-state index contributed by atoms with van der Waals surface area (Å²) in [6, 6.07) is 15.8. The molecule has 0 heterocycles. The lowest BCUT2D eigenvalue weighted by atomic mass is 9.89. The van der Waals surface area contributed by atoms with Crippen molar-refractivity contribution in [3.63, 3.8) is 0 Å². The Morgan fingerprint density at radius 2 is 1.86 bits per heavy atom. The van der Waals surface area contributed by atoms with E-state index in [4.69, 9.17) is 0 Å². The monoisotopic (exact) mass is 277 g/mol. The van der Waals surface area contributed by atoms with Crippen LogP contribution in [0.5, 0.6) is 0 Å². The zero-order valence-corrected chi connectivity index (χ0v) is 12.2. The zero-order chi connectivity index (χ0) is 14.7. The third kappa shape index (κ3) is 3.05. The fourth-order valence-electron chi connectivity index (χ4n) is 2.76. The number of nitrogens with one attached hydrogen (secondary N) is 1. The molecule has 0 saturated carbocycles. The molecule has 0 aliphatic heterocycles. The lowest BCUT2D eigenvalue weighted by molar-refractivity contribution is 0.0957. The van der Waals surface area contributed by atoms with Gasteiger partial charge >= 0.3 is 0 Å². The molecule has 0 bridgehead atoms. The van der Waals surface area contributed by atoms with Gasteiger partial charge in [0.05, 0.1) is 0 Å². The molecule has 21 heavy (non-hydrogen) atoms. The summed E-state index contributed by atoms with van der Waals surface area (Å²) in [6.45, 7) is 2.77. The Balaban J connectivity index is 1.70. The number of carbonyl (C=O) groups is 1. The van der Waals surface area contributed by atoms with E-state index in [1.54, 1.807) is 0 Å². The Kier molecular flexibility index (Phi) is 3.87. The minimum atomic E-state index is -0.00733. The van der Waals surface area contributed by atoms with Crippen LogP contribution in [0.4, 0.5) is 0 Å². The summed E-state index contributed by atoms with van der Waals surface area (Å²) in [5, 5.41) is 3.01. The second-order valence-corrected chi connectivity index (χ2v) is 5.50. The van der Waals surface area contributed by atoms with E-state index in [1.807, 2.05) is 30.3 Å². The van der Waals surface area contributed by atoms with E-state index in [0.717, 1.165) is 12.8 Å². The molecule has 3 rings (SSSR count). The van der Waals surface area contributed by atoms with Gasteiger partial charge in [-0.25, -0.2) is 0 Å². The Morgan fingerprint density at radius 1 is 1.05 bits per heavy atom. The van der Waals surface area contributed by atoms with Crippen LogP contribution in [0.2, 0.25) is 0 Å². The third-order valence-electron chi connectivity index (χ3n) is 3.99. The van der Waals surface area contributed by atoms with Gasteiger partial charge in [-0.1, -0.05) is 48.0 Å². The molecule has 1 aliphatic carbocycles. The maximum Gasteiger partial charge on any atom is 0.251 e. The molecule has 2 aromatic carbocycles. The van der Waals surface area contributed by atoms with E-state index < -0.39 is 0 Å². The summed E-state index contributed by atoms with van der Waals surface area (Å²) >= 11 is 0. The molecular formula is C19H19NO. The van der Waals surface area contributed by atoms with Crippen LogP contribution in [0.25, 0.3) is 6.08 Å². The van der Waals surface area contributed by atoms with Gasteiger partial charge < -0.3 is 5.32 Å². The van der Waals surface area contributed by atoms with Gasteiger partial charge in [-0.05, 0) is 48.6 Å². The molecule has 0 atom stereocenters. The minimum absolute atomic E-state index is 0.00733. The van der Waals surface area contributed by atoms with Crippen LogP contribution < -0.4 is 5.32 Å². The molecule has 2 aromatic rings. The number of amides is 1. The Morgan fingerprint density at radius 3 is 2.67 bits per heavy atom. The molecule has 0 unspecified atom stereocenters. The molecule has 1 amide bonds. The van der Waals surface area contributed by atoms with Crippen molar-refractivity contribution in [2.24, 2.45) is 0 Å². The van der Waals surface area contributed by atoms with Crippen LogP contribution in [0.3, 0.4) is 0 Å². The van der Waals surface area contributed by atoms with E-state index in [1.165, 1.54) is 22.3 Å². The van der Waals surface area contributed by atoms with Crippen LogP contribution in [0, 0.1) is 6.92 Å². The fourth-order valence-corrected chi connectivity index (χ4v) is 2.76. The molecule has 106 valence electrons. The van der Waals surface area contributed by atoms with Crippen LogP contribution in [-0.2, 0) is 6.42 Å². The van der Waals surface area contributed by atoms with Crippen molar-refractivity contribution in [2.75, 3.05) is 6.54 Å². The number of fused-ring (bicyclic) bond motifs is 1. The summed E-state index contributed by atoms with van der Waals surface area (Å²) in [5.74, 6) is -0.00733. The van der Waals surface area contributed by atoms with Crippen LogP contribution >= 0.6 is 0 Å². The van der Waals surface area contributed by atoms with E-state index in [-0.39, 0.29) is 5.91 Å². The van der Waals surface area contributed by atoms with Crippen molar-refractivity contribution in [2.45, 2.75) is 19.8 Å². The number of aryl methyl sites for hydroxylation is 2. The number of hydrogen-bond acceptors (Lipinski definition) is 1. The molecule has 0 aromatic heterocycles.